The van der Waals surface area contributed by atoms with Crippen molar-refractivity contribution in [3.05, 3.63) is 64.0 Å². The van der Waals surface area contributed by atoms with Crippen molar-refractivity contribution >= 4 is 23.0 Å². The zero-order chi connectivity index (χ0) is 24.5. The van der Waals surface area contributed by atoms with E-state index < -0.39 is 23.3 Å². The predicted octanol–water partition coefficient (Wildman–Crippen LogP) is 4.16. The topological polar surface area (TPSA) is 93.4 Å². The summed E-state index contributed by atoms with van der Waals surface area (Å²) >= 11 is 0. The fourth-order valence-electron chi connectivity index (χ4n) is 3.97. The third-order valence-corrected chi connectivity index (χ3v) is 5.74. The lowest BCUT2D eigenvalue weighted by Gasteiger charge is -2.39. The molecule has 0 spiro atoms. The van der Waals surface area contributed by atoms with Gasteiger partial charge in [-0.2, -0.15) is 0 Å². The fraction of sp³-hybridized carbons (Fsp3) is 0.308. The van der Waals surface area contributed by atoms with Gasteiger partial charge in [0.1, 0.15) is 23.0 Å². The van der Waals surface area contributed by atoms with Crippen LogP contribution in [0.5, 0.6) is 23.0 Å². The highest BCUT2D eigenvalue weighted by molar-refractivity contribution is 5.88. The summed E-state index contributed by atoms with van der Waals surface area (Å²) in [7, 11) is 4.56. The van der Waals surface area contributed by atoms with Crippen LogP contribution in [0.3, 0.4) is 0 Å². The zero-order valence-corrected chi connectivity index (χ0v) is 19.7. The SMILES string of the molecule is COc1cc(/C=C/C(=O)OC2Cc3c(ccc4ccc(=O)oc34)OC2(C)C)cc(OC)c1OC. The number of hydrogen-bond donors (Lipinski definition) is 0. The van der Waals surface area contributed by atoms with E-state index in [1.807, 2.05) is 26.0 Å². The molecule has 2 heterocycles. The van der Waals surface area contributed by atoms with Crippen LogP contribution < -0.4 is 24.6 Å². The summed E-state index contributed by atoms with van der Waals surface area (Å²) in [6, 6.07) is 10.2. The minimum Gasteiger partial charge on any atom is -0.493 e. The molecule has 0 fully saturated rings. The molecule has 178 valence electrons. The summed E-state index contributed by atoms with van der Waals surface area (Å²) in [4.78, 5) is 24.5. The van der Waals surface area contributed by atoms with Gasteiger partial charge in [0.15, 0.2) is 11.5 Å². The molecule has 0 amide bonds. The Morgan fingerprint density at radius 3 is 2.35 bits per heavy atom. The highest BCUT2D eigenvalue weighted by Gasteiger charge is 2.40. The van der Waals surface area contributed by atoms with Gasteiger partial charge in [0.2, 0.25) is 5.75 Å². The Morgan fingerprint density at radius 1 is 1.03 bits per heavy atom. The van der Waals surface area contributed by atoms with E-state index in [-0.39, 0.29) is 0 Å². The summed E-state index contributed by atoms with van der Waals surface area (Å²) < 4.78 is 33.3. The molecule has 8 nitrogen and oxygen atoms in total. The number of benzene rings is 2. The van der Waals surface area contributed by atoms with E-state index in [0.29, 0.717) is 46.1 Å². The molecule has 3 aromatic rings. The first kappa shape index (κ1) is 23.2. The Hall–Kier alpha value is -3.94. The standard InChI is InChI=1S/C26H26O8/c1-26(2)21(14-17-18(34-26)9-7-16-8-11-23(28)33-24(16)17)32-22(27)10-6-15-12-19(29-3)25(31-5)20(13-15)30-4/h6-13,21H,14H2,1-5H3/b10-6+. The average molecular weight is 466 g/mol. The minimum absolute atomic E-state index is 0.344. The maximum Gasteiger partial charge on any atom is 0.336 e. The Bertz CT molecular complexity index is 1290. The molecule has 2 aromatic carbocycles. The molecule has 8 heteroatoms. The maximum atomic E-state index is 12.7. The Kier molecular flexibility index (Phi) is 6.24. The van der Waals surface area contributed by atoms with Crippen LogP contribution in [-0.2, 0) is 16.0 Å². The number of ether oxygens (including phenoxy) is 5. The van der Waals surface area contributed by atoms with Gasteiger partial charge in [-0.05, 0) is 55.8 Å². The van der Waals surface area contributed by atoms with E-state index in [2.05, 4.69) is 0 Å². The van der Waals surface area contributed by atoms with E-state index in [0.717, 1.165) is 5.39 Å². The van der Waals surface area contributed by atoms with Crippen molar-refractivity contribution in [1.29, 1.82) is 0 Å². The van der Waals surface area contributed by atoms with E-state index in [4.69, 9.17) is 28.1 Å². The minimum atomic E-state index is -0.786. The first-order valence-corrected chi connectivity index (χ1v) is 10.7. The highest BCUT2D eigenvalue weighted by atomic mass is 16.6. The van der Waals surface area contributed by atoms with Crippen molar-refractivity contribution in [3.63, 3.8) is 0 Å². The lowest BCUT2D eigenvalue weighted by Crippen LogP contribution is -2.48. The molecule has 0 saturated carbocycles. The molecule has 1 aliphatic rings. The molecule has 0 N–H and O–H groups in total. The van der Waals surface area contributed by atoms with Crippen LogP contribution in [0.1, 0.15) is 25.0 Å². The lowest BCUT2D eigenvalue weighted by molar-refractivity contribution is -0.155. The van der Waals surface area contributed by atoms with Gasteiger partial charge in [0.05, 0.1) is 21.3 Å². The van der Waals surface area contributed by atoms with Crippen LogP contribution in [0, 0.1) is 0 Å². The normalized spacial score (nSPS) is 16.6. The van der Waals surface area contributed by atoms with Gasteiger partial charge < -0.3 is 28.1 Å². The second-order valence-electron chi connectivity index (χ2n) is 8.34. The Morgan fingerprint density at radius 2 is 1.71 bits per heavy atom. The number of methoxy groups -OCH3 is 3. The van der Waals surface area contributed by atoms with Crippen LogP contribution >= 0.6 is 0 Å². The van der Waals surface area contributed by atoms with E-state index in [1.165, 1.54) is 33.5 Å². The van der Waals surface area contributed by atoms with E-state index >= 15 is 0 Å². The van der Waals surface area contributed by atoms with E-state index in [9.17, 15) is 9.59 Å². The summed E-state index contributed by atoms with van der Waals surface area (Å²) in [5.41, 5.74) is 0.568. The van der Waals surface area contributed by atoms with E-state index in [1.54, 1.807) is 24.3 Å². The van der Waals surface area contributed by atoms with Crippen molar-refractivity contribution in [2.75, 3.05) is 21.3 Å². The largest absolute Gasteiger partial charge is 0.493 e. The molecule has 34 heavy (non-hydrogen) atoms. The average Bonchev–Trinajstić information content (AvgIpc) is 2.82. The second-order valence-corrected chi connectivity index (χ2v) is 8.34. The maximum absolute atomic E-state index is 12.7. The molecule has 0 radical (unpaired) electrons. The fourth-order valence-corrected chi connectivity index (χ4v) is 3.97. The molecule has 1 aromatic heterocycles. The number of hydrogen-bond acceptors (Lipinski definition) is 8. The second kappa shape index (κ2) is 9.13. The van der Waals surface area contributed by atoms with Gasteiger partial charge >= 0.3 is 11.6 Å². The van der Waals surface area contributed by atoms with Gasteiger partial charge in [0.25, 0.3) is 0 Å². The highest BCUT2D eigenvalue weighted by Crippen LogP contribution is 2.40. The molecular formula is C26H26O8. The monoisotopic (exact) mass is 466 g/mol. The smallest absolute Gasteiger partial charge is 0.336 e. The molecule has 1 aliphatic heterocycles. The van der Waals surface area contributed by atoms with Crippen LogP contribution in [-0.4, -0.2) is 39.0 Å². The number of esters is 1. The third kappa shape index (κ3) is 4.44. The van der Waals surface area contributed by atoms with Crippen LogP contribution in [0.2, 0.25) is 0 Å². The van der Waals surface area contributed by atoms with Crippen molar-refractivity contribution in [2.24, 2.45) is 0 Å². The third-order valence-electron chi connectivity index (χ3n) is 5.74. The molecule has 4 rings (SSSR count). The molecule has 1 unspecified atom stereocenters. The van der Waals surface area contributed by atoms with Gasteiger partial charge in [-0.25, -0.2) is 9.59 Å². The summed E-state index contributed by atoms with van der Waals surface area (Å²) in [5.74, 6) is 1.47. The van der Waals surface area contributed by atoms with Crippen LogP contribution in [0.15, 0.2) is 51.7 Å². The summed E-state index contributed by atoms with van der Waals surface area (Å²) in [6.07, 6.45) is 2.67. The predicted molar refractivity (Wildman–Crippen MR) is 126 cm³/mol. The quantitative estimate of drug-likeness (QED) is 0.304. The summed E-state index contributed by atoms with van der Waals surface area (Å²) in [5, 5.41) is 0.772. The van der Waals surface area contributed by atoms with Gasteiger partial charge in [0, 0.05) is 29.5 Å². The van der Waals surface area contributed by atoms with Gasteiger partial charge in [-0.3, -0.25) is 0 Å². The first-order valence-electron chi connectivity index (χ1n) is 10.7. The number of fused-ring (bicyclic) bond motifs is 3. The van der Waals surface area contributed by atoms with Crippen molar-refractivity contribution in [2.45, 2.75) is 32.0 Å². The van der Waals surface area contributed by atoms with Crippen molar-refractivity contribution < 1.29 is 32.9 Å². The van der Waals surface area contributed by atoms with Crippen molar-refractivity contribution in [1.82, 2.24) is 0 Å². The van der Waals surface area contributed by atoms with Crippen molar-refractivity contribution in [3.8, 4) is 23.0 Å². The molecular weight excluding hydrogens is 440 g/mol. The first-order chi connectivity index (χ1) is 16.2. The Balaban J connectivity index is 1.57. The Labute approximate surface area is 196 Å². The molecule has 1 atom stereocenters. The zero-order valence-electron chi connectivity index (χ0n) is 19.7. The molecule has 0 aliphatic carbocycles. The van der Waals surface area contributed by atoms with Gasteiger partial charge in [-0.15, -0.1) is 0 Å². The summed E-state index contributed by atoms with van der Waals surface area (Å²) in [6.45, 7) is 3.70. The van der Waals surface area contributed by atoms with Crippen LogP contribution in [0.4, 0.5) is 0 Å². The molecule has 0 saturated heterocycles. The van der Waals surface area contributed by atoms with Gasteiger partial charge in [-0.1, -0.05) is 0 Å². The number of carbonyl (C=O) groups is 1. The lowest BCUT2D eigenvalue weighted by atomic mass is 9.90. The van der Waals surface area contributed by atoms with Crippen LogP contribution in [0.25, 0.3) is 17.0 Å². The molecule has 0 bridgehead atoms. The number of rotatable bonds is 6. The number of carbonyl (C=O) groups excluding carboxylic acids is 1.